The first-order valence-electron chi connectivity index (χ1n) is 6.09. The largest absolute Gasteiger partial charge is 0.381 e. The van der Waals surface area contributed by atoms with Crippen molar-refractivity contribution >= 4 is 0 Å². The van der Waals surface area contributed by atoms with Gasteiger partial charge in [0.2, 0.25) is 0 Å². The zero-order valence-corrected chi connectivity index (χ0v) is 9.88. The Labute approximate surface area is 88.4 Å². The summed E-state index contributed by atoms with van der Waals surface area (Å²) in [6, 6.07) is 0.678. The van der Waals surface area contributed by atoms with Crippen LogP contribution in [-0.2, 0) is 4.74 Å². The Balaban J connectivity index is 2.36. The van der Waals surface area contributed by atoms with E-state index in [1.54, 1.807) is 0 Å². The van der Waals surface area contributed by atoms with Gasteiger partial charge in [-0.15, -0.1) is 0 Å². The van der Waals surface area contributed by atoms with Gasteiger partial charge >= 0.3 is 0 Å². The summed E-state index contributed by atoms with van der Waals surface area (Å²) in [6.45, 7) is 9.83. The van der Waals surface area contributed by atoms with E-state index in [0.717, 1.165) is 31.6 Å². The predicted molar refractivity (Wildman–Crippen MR) is 60.5 cm³/mol. The van der Waals surface area contributed by atoms with E-state index in [2.05, 4.69) is 26.1 Å². The highest BCUT2D eigenvalue weighted by Gasteiger charge is 2.25. The SMILES string of the molecule is CCNC(CC(C)CC)C1CCOC1. The first-order valence-corrected chi connectivity index (χ1v) is 6.09. The van der Waals surface area contributed by atoms with Crippen molar-refractivity contribution in [1.29, 1.82) is 0 Å². The molecular formula is C12H25NO. The quantitative estimate of drug-likeness (QED) is 0.709. The molecule has 1 fully saturated rings. The topological polar surface area (TPSA) is 21.3 Å². The van der Waals surface area contributed by atoms with Crippen LogP contribution in [-0.4, -0.2) is 25.8 Å². The summed E-state index contributed by atoms with van der Waals surface area (Å²) >= 11 is 0. The number of rotatable bonds is 6. The van der Waals surface area contributed by atoms with E-state index in [-0.39, 0.29) is 0 Å². The zero-order valence-electron chi connectivity index (χ0n) is 9.88. The van der Waals surface area contributed by atoms with E-state index >= 15 is 0 Å². The van der Waals surface area contributed by atoms with Gasteiger partial charge in [0.05, 0.1) is 6.61 Å². The second-order valence-corrected chi connectivity index (χ2v) is 4.54. The molecule has 84 valence electrons. The Kier molecular flexibility index (Phi) is 5.49. The fraction of sp³-hybridized carbons (Fsp3) is 1.00. The van der Waals surface area contributed by atoms with Crippen molar-refractivity contribution in [2.24, 2.45) is 11.8 Å². The third-order valence-electron chi connectivity index (χ3n) is 3.35. The van der Waals surface area contributed by atoms with Crippen molar-refractivity contribution in [3.8, 4) is 0 Å². The van der Waals surface area contributed by atoms with Crippen molar-refractivity contribution in [2.45, 2.75) is 46.1 Å². The first kappa shape index (κ1) is 12.0. The molecule has 2 nitrogen and oxygen atoms in total. The highest BCUT2D eigenvalue weighted by molar-refractivity contribution is 4.80. The molecule has 1 heterocycles. The smallest absolute Gasteiger partial charge is 0.0510 e. The van der Waals surface area contributed by atoms with E-state index in [4.69, 9.17) is 4.74 Å². The average Bonchev–Trinajstić information content (AvgIpc) is 2.69. The second-order valence-electron chi connectivity index (χ2n) is 4.54. The Morgan fingerprint density at radius 2 is 2.21 bits per heavy atom. The van der Waals surface area contributed by atoms with Gasteiger partial charge in [0, 0.05) is 12.6 Å². The molecule has 14 heavy (non-hydrogen) atoms. The Hall–Kier alpha value is -0.0800. The molecule has 0 bridgehead atoms. The molecule has 0 amide bonds. The van der Waals surface area contributed by atoms with Gasteiger partial charge in [-0.05, 0) is 31.2 Å². The van der Waals surface area contributed by atoms with E-state index in [0.29, 0.717) is 6.04 Å². The van der Waals surface area contributed by atoms with Crippen molar-refractivity contribution in [3.63, 3.8) is 0 Å². The summed E-state index contributed by atoms with van der Waals surface area (Å²) in [7, 11) is 0. The van der Waals surface area contributed by atoms with Gasteiger partial charge in [-0.25, -0.2) is 0 Å². The summed E-state index contributed by atoms with van der Waals surface area (Å²) in [5, 5.41) is 3.61. The lowest BCUT2D eigenvalue weighted by Crippen LogP contribution is -2.37. The van der Waals surface area contributed by atoms with Crippen molar-refractivity contribution < 1.29 is 4.74 Å². The molecule has 1 aliphatic heterocycles. The Morgan fingerprint density at radius 3 is 2.71 bits per heavy atom. The minimum absolute atomic E-state index is 0.678. The molecular weight excluding hydrogens is 174 g/mol. The summed E-state index contributed by atoms with van der Waals surface area (Å²) in [5.41, 5.74) is 0. The molecule has 0 aromatic carbocycles. The molecule has 3 unspecified atom stereocenters. The number of ether oxygens (including phenoxy) is 1. The number of nitrogens with one attached hydrogen (secondary N) is 1. The molecule has 0 radical (unpaired) electrons. The van der Waals surface area contributed by atoms with Crippen LogP contribution < -0.4 is 5.32 Å². The molecule has 3 atom stereocenters. The second kappa shape index (κ2) is 6.41. The average molecular weight is 199 g/mol. The highest BCUT2D eigenvalue weighted by atomic mass is 16.5. The van der Waals surface area contributed by atoms with Gasteiger partial charge in [-0.1, -0.05) is 27.2 Å². The van der Waals surface area contributed by atoms with E-state index in [1.165, 1.54) is 19.3 Å². The van der Waals surface area contributed by atoms with Crippen LogP contribution in [0.2, 0.25) is 0 Å². The normalized spacial score (nSPS) is 26.4. The fourth-order valence-corrected chi connectivity index (χ4v) is 2.17. The van der Waals surface area contributed by atoms with E-state index in [9.17, 15) is 0 Å². The lowest BCUT2D eigenvalue weighted by Gasteiger charge is -2.25. The minimum Gasteiger partial charge on any atom is -0.381 e. The first-order chi connectivity index (χ1) is 6.77. The van der Waals surface area contributed by atoms with Gasteiger partial charge < -0.3 is 10.1 Å². The third-order valence-corrected chi connectivity index (χ3v) is 3.35. The summed E-state index contributed by atoms with van der Waals surface area (Å²) in [4.78, 5) is 0. The summed E-state index contributed by atoms with van der Waals surface area (Å²) in [6.07, 6.45) is 3.84. The number of hydrogen-bond acceptors (Lipinski definition) is 2. The van der Waals surface area contributed by atoms with Gasteiger partial charge in [0.15, 0.2) is 0 Å². The fourth-order valence-electron chi connectivity index (χ4n) is 2.17. The highest BCUT2D eigenvalue weighted by Crippen LogP contribution is 2.22. The van der Waals surface area contributed by atoms with Gasteiger partial charge in [0.25, 0.3) is 0 Å². The Bertz CT molecular complexity index is 143. The monoisotopic (exact) mass is 199 g/mol. The molecule has 0 spiro atoms. The molecule has 0 aromatic rings. The standard InChI is InChI=1S/C12H25NO/c1-4-10(3)8-12(13-5-2)11-6-7-14-9-11/h10-13H,4-9H2,1-3H3. The van der Waals surface area contributed by atoms with Crippen LogP contribution in [0.1, 0.15) is 40.0 Å². The maximum Gasteiger partial charge on any atom is 0.0510 e. The zero-order chi connectivity index (χ0) is 10.4. The molecule has 1 rings (SSSR count). The van der Waals surface area contributed by atoms with E-state index in [1.807, 2.05) is 0 Å². The molecule has 1 aliphatic rings. The lowest BCUT2D eigenvalue weighted by molar-refractivity contribution is 0.172. The summed E-state index contributed by atoms with van der Waals surface area (Å²) in [5.74, 6) is 1.59. The lowest BCUT2D eigenvalue weighted by atomic mass is 9.89. The molecule has 0 aliphatic carbocycles. The van der Waals surface area contributed by atoms with Crippen LogP contribution in [0.4, 0.5) is 0 Å². The predicted octanol–water partition coefficient (Wildman–Crippen LogP) is 2.44. The van der Waals surface area contributed by atoms with Crippen LogP contribution in [0.5, 0.6) is 0 Å². The Morgan fingerprint density at radius 1 is 1.43 bits per heavy atom. The van der Waals surface area contributed by atoms with Crippen LogP contribution in [0, 0.1) is 11.8 Å². The van der Waals surface area contributed by atoms with Gasteiger partial charge in [-0.2, -0.15) is 0 Å². The van der Waals surface area contributed by atoms with Gasteiger partial charge in [-0.3, -0.25) is 0 Å². The molecule has 1 N–H and O–H groups in total. The molecule has 0 saturated carbocycles. The maximum absolute atomic E-state index is 5.46. The summed E-state index contributed by atoms with van der Waals surface area (Å²) < 4.78 is 5.46. The molecule has 2 heteroatoms. The number of hydrogen-bond donors (Lipinski definition) is 1. The van der Waals surface area contributed by atoms with Gasteiger partial charge in [0.1, 0.15) is 0 Å². The van der Waals surface area contributed by atoms with Crippen LogP contribution in [0.25, 0.3) is 0 Å². The van der Waals surface area contributed by atoms with Crippen molar-refractivity contribution in [1.82, 2.24) is 5.32 Å². The molecule has 0 aromatic heterocycles. The van der Waals surface area contributed by atoms with Crippen LogP contribution >= 0.6 is 0 Å². The van der Waals surface area contributed by atoms with Crippen molar-refractivity contribution in [2.75, 3.05) is 19.8 Å². The third kappa shape index (κ3) is 3.58. The minimum atomic E-state index is 0.678. The van der Waals surface area contributed by atoms with Crippen LogP contribution in [0.3, 0.4) is 0 Å². The van der Waals surface area contributed by atoms with Crippen molar-refractivity contribution in [3.05, 3.63) is 0 Å². The maximum atomic E-state index is 5.46. The molecule has 1 saturated heterocycles. The van der Waals surface area contributed by atoms with Crippen LogP contribution in [0.15, 0.2) is 0 Å². The van der Waals surface area contributed by atoms with E-state index < -0.39 is 0 Å².